The molecule has 1 aliphatic rings. The van der Waals surface area contributed by atoms with Gasteiger partial charge in [-0.05, 0) is 13.3 Å². The van der Waals surface area contributed by atoms with Crippen LogP contribution in [0.2, 0.25) is 5.02 Å². The summed E-state index contributed by atoms with van der Waals surface area (Å²) in [7, 11) is 0. The fourth-order valence-electron chi connectivity index (χ4n) is 1.81. The minimum atomic E-state index is -0.589. The second kappa shape index (κ2) is 5.40. The van der Waals surface area contributed by atoms with Crippen LogP contribution < -0.4 is 16.2 Å². The third-order valence-corrected chi connectivity index (χ3v) is 3.22. The Kier molecular flexibility index (Phi) is 3.84. The zero-order chi connectivity index (χ0) is 14.0. The molecule has 0 bridgehead atoms. The number of carbonyl (C=O) groups is 2. The van der Waals surface area contributed by atoms with Crippen molar-refractivity contribution in [3.63, 3.8) is 0 Å². The molecule has 1 aromatic rings. The third kappa shape index (κ3) is 2.76. The Morgan fingerprint density at radius 3 is 2.89 bits per heavy atom. The van der Waals surface area contributed by atoms with E-state index in [4.69, 9.17) is 11.6 Å². The standard InChI is InChI=1S/C11H13ClN4O3/c1-2-16-11(19)9(12)7(5-13-16)14-6-3-4-8(17)15-10(6)18/h5-6,14H,2-4H2,1H3,(H,15,17,18). The highest BCUT2D eigenvalue weighted by molar-refractivity contribution is 6.33. The van der Waals surface area contributed by atoms with Crippen molar-refractivity contribution in [1.82, 2.24) is 15.1 Å². The third-order valence-electron chi connectivity index (χ3n) is 2.85. The molecule has 8 heteroatoms. The number of anilines is 1. The molecule has 2 rings (SSSR count). The summed E-state index contributed by atoms with van der Waals surface area (Å²) in [6.07, 6.45) is 2.01. The maximum Gasteiger partial charge on any atom is 0.287 e. The van der Waals surface area contributed by atoms with E-state index in [0.717, 1.165) is 0 Å². The van der Waals surface area contributed by atoms with Gasteiger partial charge in [-0.3, -0.25) is 19.7 Å². The minimum Gasteiger partial charge on any atom is -0.371 e. The van der Waals surface area contributed by atoms with E-state index < -0.39 is 17.5 Å². The fraction of sp³-hybridized carbons (Fsp3) is 0.455. The summed E-state index contributed by atoms with van der Waals surface area (Å²) < 4.78 is 1.22. The Balaban J connectivity index is 2.20. The molecule has 0 aliphatic carbocycles. The minimum absolute atomic E-state index is 0.0125. The summed E-state index contributed by atoms with van der Waals surface area (Å²) in [5, 5.41) is 8.97. The molecule has 0 spiro atoms. The Bertz CT molecular complexity index is 584. The predicted octanol–water partition coefficient (Wildman–Crippen LogP) is 0.134. The number of piperidine rings is 1. The Morgan fingerprint density at radius 1 is 1.53 bits per heavy atom. The van der Waals surface area contributed by atoms with Crippen molar-refractivity contribution in [2.24, 2.45) is 0 Å². The summed E-state index contributed by atoms with van der Waals surface area (Å²) in [5.74, 6) is -0.722. The number of imide groups is 1. The molecule has 1 aliphatic heterocycles. The van der Waals surface area contributed by atoms with Crippen LogP contribution in [0, 0.1) is 0 Å². The van der Waals surface area contributed by atoms with Gasteiger partial charge < -0.3 is 5.32 Å². The maximum atomic E-state index is 11.8. The normalized spacial score (nSPS) is 19.2. The molecule has 2 heterocycles. The van der Waals surface area contributed by atoms with Gasteiger partial charge in [0.15, 0.2) is 0 Å². The van der Waals surface area contributed by atoms with Gasteiger partial charge in [0.25, 0.3) is 5.56 Å². The van der Waals surface area contributed by atoms with Crippen LogP contribution in [-0.2, 0) is 16.1 Å². The SMILES string of the molecule is CCn1ncc(NC2CCC(=O)NC2=O)c(Cl)c1=O. The van der Waals surface area contributed by atoms with Gasteiger partial charge in [-0.25, -0.2) is 4.68 Å². The lowest BCUT2D eigenvalue weighted by Crippen LogP contribution is -2.47. The monoisotopic (exact) mass is 284 g/mol. The van der Waals surface area contributed by atoms with Crippen LogP contribution in [0.25, 0.3) is 0 Å². The molecule has 19 heavy (non-hydrogen) atoms. The average molecular weight is 285 g/mol. The first-order chi connectivity index (χ1) is 9.02. The number of halogens is 1. The van der Waals surface area contributed by atoms with Crippen molar-refractivity contribution >= 4 is 29.1 Å². The number of rotatable bonds is 3. The van der Waals surface area contributed by atoms with E-state index >= 15 is 0 Å². The number of aromatic nitrogens is 2. The number of aryl methyl sites for hydroxylation is 1. The molecule has 0 aromatic carbocycles. The van der Waals surface area contributed by atoms with Gasteiger partial charge in [0.1, 0.15) is 11.1 Å². The van der Waals surface area contributed by atoms with E-state index in [2.05, 4.69) is 15.7 Å². The Labute approximate surface area is 113 Å². The zero-order valence-electron chi connectivity index (χ0n) is 10.3. The van der Waals surface area contributed by atoms with Gasteiger partial charge in [0.2, 0.25) is 11.8 Å². The van der Waals surface area contributed by atoms with Gasteiger partial charge in [-0.15, -0.1) is 0 Å². The van der Waals surface area contributed by atoms with Gasteiger partial charge in [-0.2, -0.15) is 5.10 Å². The molecule has 2 amide bonds. The molecule has 1 saturated heterocycles. The van der Waals surface area contributed by atoms with E-state index in [1.807, 2.05) is 0 Å². The second-order valence-corrected chi connectivity index (χ2v) is 4.52. The predicted molar refractivity (Wildman–Crippen MR) is 69.0 cm³/mol. The van der Waals surface area contributed by atoms with Crippen LogP contribution in [0.3, 0.4) is 0 Å². The molecule has 1 aromatic heterocycles. The molecule has 102 valence electrons. The summed E-state index contributed by atoms with van der Waals surface area (Å²) in [4.78, 5) is 34.4. The van der Waals surface area contributed by atoms with Gasteiger partial charge in [-0.1, -0.05) is 11.6 Å². The van der Waals surface area contributed by atoms with E-state index in [9.17, 15) is 14.4 Å². The number of nitrogens with zero attached hydrogens (tertiary/aromatic N) is 2. The Hall–Kier alpha value is -1.89. The van der Waals surface area contributed by atoms with Crippen LogP contribution in [0.1, 0.15) is 19.8 Å². The van der Waals surface area contributed by atoms with Crippen LogP contribution >= 0.6 is 11.6 Å². The van der Waals surface area contributed by atoms with Crippen LogP contribution in [0.15, 0.2) is 11.0 Å². The molecule has 0 saturated carbocycles. The lowest BCUT2D eigenvalue weighted by Gasteiger charge is -2.23. The Morgan fingerprint density at radius 2 is 2.26 bits per heavy atom. The quantitative estimate of drug-likeness (QED) is 0.770. The van der Waals surface area contributed by atoms with E-state index in [0.29, 0.717) is 18.7 Å². The molecular weight excluding hydrogens is 272 g/mol. The van der Waals surface area contributed by atoms with Gasteiger partial charge >= 0.3 is 0 Å². The van der Waals surface area contributed by atoms with E-state index in [1.165, 1.54) is 10.9 Å². The lowest BCUT2D eigenvalue weighted by atomic mass is 10.1. The van der Waals surface area contributed by atoms with Crippen molar-refractivity contribution < 1.29 is 9.59 Å². The van der Waals surface area contributed by atoms with Crippen molar-refractivity contribution in [1.29, 1.82) is 0 Å². The highest BCUT2D eigenvalue weighted by Crippen LogP contribution is 2.18. The summed E-state index contributed by atoms with van der Waals surface area (Å²) in [5.41, 5.74) is -0.118. The number of hydrogen-bond acceptors (Lipinski definition) is 5. The van der Waals surface area contributed by atoms with Crippen molar-refractivity contribution in [2.75, 3.05) is 5.32 Å². The number of hydrogen-bond donors (Lipinski definition) is 2. The largest absolute Gasteiger partial charge is 0.371 e. The maximum absolute atomic E-state index is 11.8. The molecule has 1 atom stereocenters. The molecular formula is C11H13ClN4O3. The molecule has 1 unspecified atom stereocenters. The average Bonchev–Trinajstić information content (AvgIpc) is 2.38. The zero-order valence-corrected chi connectivity index (χ0v) is 11.0. The molecule has 0 radical (unpaired) electrons. The van der Waals surface area contributed by atoms with Crippen molar-refractivity contribution in [3.05, 3.63) is 21.6 Å². The van der Waals surface area contributed by atoms with Crippen LogP contribution in [-0.4, -0.2) is 27.6 Å². The van der Waals surface area contributed by atoms with Crippen molar-refractivity contribution in [3.8, 4) is 0 Å². The van der Waals surface area contributed by atoms with E-state index in [1.54, 1.807) is 6.92 Å². The number of carbonyl (C=O) groups excluding carboxylic acids is 2. The van der Waals surface area contributed by atoms with E-state index in [-0.39, 0.29) is 17.4 Å². The number of nitrogens with one attached hydrogen (secondary N) is 2. The van der Waals surface area contributed by atoms with Crippen LogP contribution in [0.5, 0.6) is 0 Å². The second-order valence-electron chi connectivity index (χ2n) is 4.14. The lowest BCUT2D eigenvalue weighted by molar-refractivity contribution is -0.133. The smallest absolute Gasteiger partial charge is 0.287 e. The molecule has 7 nitrogen and oxygen atoms in total. The first-order valence-corrected chi connectivity index (χ1v) is 6.26. The number of amides is 2. The molecule has 2 N–H and O–H groups in total. The molecule has 1 fully saturated rings. The van der Waals surface area contributed by atoms with Gasteiger partial charge in [0.05, 0.1) is 11.9 Å². The van der Waals surface area contributed by atoms with Crippen LogP contribution in [0.4, 0.5) is 5.69 Å². The first kappa shape index (κ1) is 13.5. The fourth-order valence-corrected chi connectivity index (χ4v) is 2.01. The van der Waals surface area contributed by atoms with Gasteiger partial charge in [0, 0.05) is 13.0 Å². The highest BCUT2D eigenvalue weighted by Gasteiger charge is 2.27. The summed E-state index contributed by atoms with van der Waals surface area (Å²) >= 11 is 5.94. The summed E-state index contributed by atoms with van der Waals surface area (Å²) in [6, 6.07) is -0.589. The topological polar surface area (TPSA) is 93.1 Å². The van der Waals surface area contributed by atoms with Crippen molar-refractivity contribution in [2.45, 2.75) is 32.4 Å². The highest BCUT2D eigenvalue weighted by atomic mass is 35.5. The first-order valence-electron chi connectivity index (χ1n) is 5.88. The summed E-state index contributed by atoms with van der Waals surface area (Å²) in [6.45, 7) is 2.19.